The number of pyridine rings is 1. The molecular formula is C29H35N5O2. The van der Waals surface area contributed by atoms with Crippen molar-refractivity contribution < 1.29 is 9.53 Å². The van der Waals surface area contributed by atoms with Crippen LogP contribution in [0.2, 0.25) is 0 Å². The molecular weight excluding hydrogens is 450 g/mol. The van der Waals surface area contributed by atoms with Crippen molar-refractivity contribution in [1.29, 1.82) is 0 Å². The SMILES string of the molecule is O=Cc1ccc(N2CCC3(CC2)CC(N2CCCC2)C3)cc1N1CCCOc2nc3[nH]ccc3cc21. The molecule has 1 saturated carbocycles. The van der Waals surface area contributed by atoms with Gasteiger partial charge in [-0.2, -0.15) is 4.98 Å². The maximum atomic E-state index is 12.1. The summed E-state index contributed by atoms with van der Waals surface area (Å²) >= 11 is 0. The summed E-state index contributed by atoms with van der Waals surface area (Å²) in [7, 11) is 0. The normalized spacial score (nSPS) is 22.3. The summed E-state index contributed by atoms with van der Waals surface area (Å²) in [5.74, 6) is 0.627. The summed E-state index contributed by atoms with van der Waals surface area (Å²) in [4.78, 5) is 27.5. The standard InChI is InChI=1S/C29H35N5O2/c35-20-22-4-5-23(33-13-7-29(8-14-33)18-24(19-29)32-10-1-2-11-32)17-25(22)34-12-3-15-36-28-26(34)16-21-6-9-30-27(21)31-28/h4-6,9,16-17,20,24H,1-3,7-8,10-15,18-19H2,(H,30,31). The zero-order valence-electron chi connectivity index (χ0n) is 20.9. The van der Waals surface area contributed by atoms with E-state index in [-0.39, 0.29) is 0 Å². The largest absolute Gasteiger partial charge is 0.476 e. The quantitative estimate of drug-likeness (QED) is 0.516. The van der Waals surface area contributed by atoms with Crippen molar-refractivity contribution in [2.75, 3.05) is 49.1 Å². The number of aromatic amines is 1. The number of rotatable bonds is 4. The second-order valence-electron chi connectivity index (χ2n) is 11.2. The number of hydrogen-bond acceptors (Lipinski definition) is 6. The number of H-pyrrole nitrogens is 1. The van der Waals surface area contributed by atoms with Gasteiger partial charge in [0.1, 0.15) is 11.3 Å². The monoisotopic (exact) mass is 485 g/mol. The van der Waals surface area contributed by atoms with Crippen LogP contribution in [0.3, 0.4) is 0 Å². The molecule has 2 saturated heterocycles. The van der Waals surface area contributed by atoms with Crippen LogP contribution in [0.25, 0.3) is 11.0 Å². The van der Waals surface area contributed by atoms with E-state index >= 15 is 0 Å². The van der Waals surface area contributed by atoms with Crippen molar-refractivity contribution in [3.05, 3.63) is 42.1 Å². The van der Waals surface area contributed by atoms with Gasteiger partial charge in [-0.05, 0) is 93.8 Å². The lowest BCUT2D eigenvalue weighted by Gasteiger charge is -2.55. The maximum Gasteiger partial charge on any atom is 0.239 e. The third kappa shape index (κ3) is 3.76. The first-order valence-electron chi connectivity index (χ1n) is 13.7. The summed E-state index contributed by atoms with van der Waals surface area (Å²) < 4.78 is 6.01. The van der Waals surface area contributed by atoms with Gasteiger partial charge in [-0.15, -0.1) is 0 Å². The number of fused-ring (bicyclic) bond motifs is 2. The lowest BCUT2D eigenvalue weighted by atomic mass is 9.60. The average Bonchev–Trinajstić information content (AvgIpc) is 3.55. The Labute approximate surface area is 212 Å². The van der Waals surface area contributed by atoms with Crippen LogP contribution in [0.1, 0.15) is 55.3 Å². The molecule has 3 aliphatic heterocycles. The highest BCUT2D eigenvalue weighted by Gasteiger charge is 2.48. The Balaban J connectivity index is 1.13. The van der Waals surface area contributed by atoms with Crippen LogP contribution in [-0.4, -0.2) is 66.5 Å². The van der Waals surface area contributed by atoms with E-state index in [0.717, 1.165) is 60.8 Å². The molecule has 36 heavy (non-hydrogen) atoms. The van der Waals surface area contributed by atoms with Crippen molar-refractivity contribution in [1.82, 2.24) is 14.9 Å². The number of anilines is 3. The molecule has 1 N–H and O–H groups in total. The molecule has 0 amide bonds. The number of ether oxygens (including phenoxy) is 1. The van der Waals surface area contributed by atoms with E-state index in [1.165, 1.54) is 57.3 Å². The van der Waals surface area contributed by atoms with Crippen LogP contribution in [0.15, 0.2) is 36.5 Å². The summed E-state index contributed by atoms with van der Waals surface area (Å²) in [5.41, 5.74) is 5.18. The van der Waals surface area contributed by atoms with Gasteiger partial charge in [-0.25, -0.2) is 0 Å². The van der Waals surface area contributed by atoms with Gasteiger partial charge in [0.15, 0.2) is 6.29 Å². The fourth-order valence-corrected chi connectivity index (χ4v) is 7.03. The van der Waals surface area contributed by atoms with E-state index in [1.54, 1.807) is 0 Å². The minimum absolute atomic E-state index is 0.560. The van der Waals surface area contributed by atoms with Gasteiger partial charge >= 0.3 is 0 Å². The van der Waals surface area contributed by atoms with Crippen molar-refractivity contribution >= 4 is 34.4 Å². The van der Waals surface area contributed by atoms with Gasteiger partial charge in [0.25, 0.3) is 0 Å². The zero-order chi connectivity index (χ0) is 24.1. The highest BCUT2D eigenvalue weighted by molar-refractivity contribution is 5.91. The third-order valence-corrected chi connectivity index (χ3v) is 9.15. The minimum Gasteiger partial charge on any atom is -0.476 e. The molecule has 1 aromatic carbocycles. The number of nitrogens with one attached hydrogen (secondary N) is 1. The maximum absolute atomic E-state index is 12.1. The van der Waals surface area contributed by atoms with Crippen molar-refractivity contribution in [3.63, 3.8) is 0 Å². The lowest BCUT2D eigenvalue weighted by molar-refractivity contribution is -0.00644. The minimum atomic E-state index is 0.560. The first-order chi connectivity index (χ1) is 17.7. The van der Waals surface area contributed by atoms with E-state index in [2.05, 4.69) is 37.9 Å². The Bertz CT molecular complexity index is 1260. The summed E-state index contributed by atoms with van der Waals surface area (Å²) in [6.45, 7) is 6.22. The molecule has 1 aliphatic carbocycles. The average molecular weight is 486 g/mol. The summed E-state index contributed by atoms with van der Waals surface area (Å²) in [6.07, 6.45) is 11.9. The molecule has 7 nitrogen and oxygen atoms in total. The van der Waals surface area contributed by atoms with Gasteiger partial charge < -0.3 is 24.4 Å². The second-order valence-corrected chi connectivity index (χ2v) is 11.2. The Morgan fingerprint density at radius 1 is 0.972 bits per heavy atom. The van der Waals surface area contributed by atoms with Crippen LogP contribution >= 0.6 is 0 Å². The number of hydrogen-bond donors (Lipinski definition) is 1. The summed E-state index contributed by atoms with van der Waals surface area (Å²) in [5, 5.41) is 1.04. The topological polar surface area (TPSA) is 64.7 Å². The Morgan fingerprint density at radius 3 is 2.61 bits per heavy atom. The second kappa shape index (κ2) is 8.80. The Hall–Kier alpha value is -3.06. The van der Waals surface area contributed by atoms with Crippen LogP contribution in [0.4, 0.5) is 17.1 Å². The summed E-state index contributed by atoms with van der Waals surface area (Å²) in [6, 6.07) is 11.3. The molecule has 0 radical (unpaired) electrons. The Kier molecular flexibility index (Phi) is 5.42. The molecule has 7 rings (SSSR count). The number of aldehydes is 1. The Morgan fingerprint density at radius 2 is 1.81 bits per heavy atom. The molecule has 3 aromatic rings. The smallest absolute Gasteiger partial charge is 0.239 e. The van der Waals surface area contributed by atoms with Crippen molar-refractivity contribution in [3.8, 4) is 5.88 Å². The van der Waals surface area contributed by atoms with Crippen LogP contribution in [0.5, 0.6) is 5.88 Å². The van der Waals surface area contributed by atoms with E-state index in [4.69, 9.17) is 9.72 Å². The first-order valence-corrected chi connectivity index (χ1v) is 13.7. The van der Waals surface area contributed by atoms with Crippen molar-refractivity contribution in [2.45, 2.75) is 51.0 Å². The van der Waals surface area contributed by atoms with Crippen LogP contribution < -0.4 is 14.5 Å². The third-order valence-electron chi connectivity index (χ3n) is 9.15. The van der Waals surface area contributed by atoms with E-state index < -0.39 is 0 Å². The molecule has 4 aliphatic rings. The van der Waals surface area contributed by atoms with Crippen LogP contribution in [-0.2, 0) is 0 Å². The fraction of sp³-hybridized carbons (Fsp3) is 0.517. The number of nitrogens with zero attached hydrogens (tertiary/aromatic N) is 4. The van der Waals surface area contributed by atoms with Gasteiger partial charge in [0, 0.05) is 48.5 Å². The number of benzene rings is 1. The zero-order valence-corrected chi connectivity index (χ0v) is 20.9. The molecule has 188 valence electrons. The highest BCUT2D eigenvalue weighted by atomic mass is 16.5. The molecule has 5 heterocycles. The van der Waals surface area contributed by atoms with Gasteiger partial charge in [-0.1, -0.05) is 0 Å². The molecule has 0 bridgehead atoms. The van der Waals surface area contributed by atoms with Crippen LogP contribution in [0, 0.1) is 5.41 Å². The molecule has 3 fully saturated rings. The van der Waals surface area contributed by atoms with Gasteiger partial charge in [0.2, 0.25) is 5.88 Å². The number of carbonyl (C=O) groups excluding carboxylic acids is 1. The number of piperidine rings is 1. The van der Waals surface area contributed by atoms with Gasteiger partial charge in [-0.3, -0.25) is 4.79 Å². The predicted molar refractivity (Wildman–Crippen MR) is 143 cm³/mol. The molecule has 0 atom stereocenters. The fourth-order valence-electron chi connectivity index (χ4n) is 7.03. The molecule has 0 unspecified atom stereocenters. The molecule has 2 aromatic heterocycles. The van der Waals surface area contributed by atoms with Crippen molar-refractivity contribution in [2.24, 2.45) is 5.41 Å². The lowest BCUT2D eigenvalue weighted by Crippen LogP contribution is -2.54. The number of aromatic nitrogens is 2. The number of carbonyl (C=O) groups is 1. The first kappa shape index (κ1) is 22.2. The van der Waals surface area contributed by atoms with Gasteiger partial charge in [0.05, 0.1) is 12.3 Å². The van der Waals surface area contributed by atoms with E-state index in [1.807, 2.05) is 18.3 Å². The highest BCUT2D eigenvalue weighted by Crippen LogP contribution is 2.52. The number of likely N-dealkylation sites (tertiary alicyclic amines) is 1. The van der Waals surface area contributed by atoms with E-state index in [9.17, 15) is 4.79 Å². The molecule has 7 heteroatoms. The van der Waals surface area contributed by atoms with E-state index in [0.29, 0.717) is 23.5 Å². The predicted octanol–water partition coefficient (Wildman–Crippen LogP) is 5.14. The molecule has 1 spiro atoms.